The molecule has 0 spiro atoms. The molecule has 0 amide bonds. The second-order valence-electron chi connectivity index (χ2n) is 6.80. The smallest absolute Gasteiger partial charge is 0.486 e. The van der Waals surface area contributed by atoms with Crippen molar-refractivity contribution in [1.82, 2.24) is 5.32 Å². The van der Waals surface area contributed by atoms with Crippen LogP contribution in [0.1, 0.15) is 35.9 Å². The Morgan fingerprint density at radius 2 is 2.00 bits per heavy atom. The van der Waals surface area contributed by atoms with Crippen molar-refractivity contribution in [3.05, 3.63) is 40.0 Å². The van der Waals surface area contributed by atoms with Gasteiger partial charge in [-0.1, -0.05) is 6.92 Å². The predicted octanol–water partition coefficient (Wildman–Crippen LogP) is 1.30. The van der Waals surface area contributed by atoms with E-state index in [2.05, 4.69) is 5.32 Å². The Labute approximate surface area is 176 Å². The molecule has 0 aliphatic carbocycles. The van der Waals surface area contributed by atoms with Crippen LogP contribution in [0.4, 0.5) is 18.9 Å². The van der Waals surface area contributed by atoms with Gasteiger partial charge >= 0.3 is 17.6 Å². The maximum Gasteiger partial charge on any atom is 0.486 e. The van der Waals surface area contributed by atoms with E-state index < -0.39 is 28.9 Å². The van der Waals surface area contributed by atoms with Crippen LogP contribution in [0.3, 0.4) is 0 Å². The van der Waals surface area contributed by atoms with Crippen LogP contribution in [0.5, 0.6) is 0 Å². The monoisotopic (exact) mass is 450 g/mol. The minimum Gasteiger partial charge on any atom is -0.618 e. The van der Waals surface area contributed by atoms with Gasteiger partial charge in [0.15, 0.2) is 0 Å². The minimum absolute atomic E-state index is 0. The molecule has 12 heteroatoms. The molecule has 1 unspecified atom stereocenters. The number of fused-ring (bicyclic) bond motifs is 1. The first-order chi connectivity index (χ1) is 13.7. The molecule has 1 atom stereocenters. The first-order valence-electron chi connectivity index (χ1n) is 9.22. The summed E-state index contributed by atoms with van der Waals surface area (Å²) in [6.45, 7) is 3.05. The zero-order chi connectivity index (χ0) is 21.3. The van der Waals surface area contributed by atoms with Gasteiger partial charge in [-0.05, 0) is 12.5 Å². The van der Waals surface area contributed by atoms with Crippen molar-refractivity contribution >= 4 is 34.9 Å². The number of aliphatic hydroxyl groups is 1. The van der Waals surface area contributed by atoms with E-state index in [1.54, 1.807) is 0 Å². The Kier molecular flexibility index (Phi) is 7.32. The van der Waals surface area contributed by atoms with Crippen molar-refractivity contribution in [2.45, 2.75) is 32.0 Å². The summed E-state index contributed by atoms with van der Waals surface area (Å²) in [5.74, 6) is -1.07. The number of aliphatic hydroxyl groups excluding tert-OH is 1. The van der Waals surface area contributed by atoms with E-state index in [-0.39, 0.29) is 46.5 Å². The van der Waals surface area contributed by atoms with E-state index in [0.29, 0.717) is 31.7 Å². The van der Waals surface area contributed by atoms with Crippen molar-refractivity contribution in [2.24, 2.45) is 0 Å². The third-order valence-electron chi connectivity index (χ3n) is 5.03. The number of rotatable bonds is 5. The molecular weight excluding hydrogens is 429 g/mol. The average Bonchev–Trinajstić information content (AvgIpc) is 2.69. The number of benzene rings is 1. The fraction of sp³-hybridized carbons (Fsp3) is 0.500. The molecular formula is C18H22ClF3N4O4. The first-order valence-corrected chi connectivity index (χ1v) is 9.22. The van der Waals surface area contributed by atoms with E-state index in [1.807, 2.05) is 4.90 Å². The number of Topliss-reactive ketones (excluding diaryl/α,β-unsaturated/α-hetero) is 1. The third-order valence-corrected chi connectivity index (χ3v) is 5.03. The maximum atomic E-state index is 13.5. The van der Waals surface area contributed by atoms with Crippen molar-refractivity contribution < 1.29 is 32.5 Å². The summed E-state index contributed by atoms with van der Waals surface area (Å²) in [4.78, 5) is 14.0. The quantitative estimate of drug-likeness (QED) is 0.404. The van der Waals surface area contributed by atoms with Crippen molar-refractivity contribution in [3.8, 4) is 0 Å². The molecule has 2 aromatic rings. The van der Waals surface area contributed by atoms with E-state index in [9.17, 15) is 33.5 Å². The van der Waals surface area contributed by atoms with Crippen LogP contribution in [-0.4, -0.2) is 43.2 Å². The number of hydrogen-bond donors (Lipinski definition) is 2. The molecule has 2 heterocycles. The number of anilines is 1. The number of aromatic nitrogens is 2. The van der Waals surface area contributed by atoms with Gasteiger partial charge in [0, 0.05) is 56.5 Å². The standard InChI is InChI=1S/C18H21F3N4O4.ClH/c1-2-15(27)16-17(18(19,20)21)25(29)13-4-3-11(9-14(13)24(16)28)23-7-6-22-10-12(23)5-8-26;/h3-4,9,12,22,26H,2,5-8,10H2,1H3;1H. The highest BCUT2D eigenvalue weighted by Gasteiger charge is 2.50. The molecule has 0 saturated carbocycles. The Morgan fingerprint density at radius 3 is 2.60 bits per heavy atom. The number of nitrogens with one attached hydrogen (secondary N) is 1. The molecule has 166 valence electrons. The summed E-state index contributed by atoms with van der Waals surface area (Å²) < 4.78 is 39.9. The topological polar surface area (TPSA) is 106 Å². The molecule has 2 N–H and O–H groups in total. The van der Waals surface area contributed by atoms with Gasteiger partial charge in [-0.15, -0.1) is 17.1 Å². The Bertz CT molecular complexity index is 940. The summed E-state index contributed by atoms with van der Waals surface area (Å²) in [5, 5.41) is 37.7. The molecule has 3 rings (SSSR count). The van der Waals surface area contributed by atoms with Crippen molar-refractivity contribution in [3.63, 3.8) is 0 Å². The lowest BCUT2D eigenvalue weighted by Gasteiger charge is -2.37. The van der Waals surface area contributed by atoms with Gasteiger partial charge in [0.2, 0.25) is 5.78 Å². The average molecular weight is 451 g/mol. The number of piperazine rings is 1. The highest BCUT2D eigenvalue weighted by Crippen LogP contribution is 2.31. The second kappa shape index (κ2) is 9.19. The van der Waals surface area contributed by atoms with Crippen molar-refractivity contribution in [1.29, 1.82) is 0 Å². The number of alkyl halides is 3. The number of carbonyl (C=O) groups is 1. The van der Waals surface area contributed by atoms with E-state index in [0.717, 1.165) is 6.07 Å². The number of halogens is 4. The fourth-order valence-corrected chi connectivity index (χ4v) is 3.63. The molecule has 1 fully saturated rings. The lowest BCUT2D eigenvalue weighted by atomic mass is 10.1. The zero-order valence-corrected chi connectivity index (χ0v) is 16.9. The largest absolute Gasteiger partial charge is 0.618 e. The Morgan fingerprint density at radius 1 is 1.30 bits per heavy atom. The zero-order valence-electron chi connectivity index (χ0n) is 16.1. The molecule has 1 aromatic carbocycles. The summed E-state index contributed by atoms with van der Waals surface area (Å²) in [6.07, 6.45) is -5.06. The highest BCUT2D eigenvalue weighted by atomic mass is 35.5. The SMILES string of the molecule is CCC(=O)c1c(C(F)(F)F)[n+]([O-])c2ccc(N3CCNCC3CCO)cc2[n+]1[O-].Cl. The molecule has 0 radical (unpaired) electrons. The molecule has 1 aromatic heterocycles. The molecule has 1 aliphatic rings. The maximum absolute atomic E-state index is 13.5. The van der Waals surface area contributed by atoms with Crippen LogP contribution >= 0.6 is 12.4 Å². The second-order valence-corrected chi connectivity index (χ2v) is 6.80. The van der Waals surface area contributed by atoms with Gasteiger partial charge in [-0.2, -0.15) is 17.9 Å². The summed E-state index contributed by atoms with van der Waals surface area (Å²) in [7, 11) is 0. The fourth-order valence-electron chi connectivity index (χ4n) is 3.63. The van der Waals surface area contributed by atoms with Gasteiger partial charge in [0.05, 0.1) is 0 Å². The first kappa shape index (κ1) is 23.9. The minimum atomic E-state index is -5.16. The molecule has 30 heavy (non-hydrogen) atoms. The van der Waals surface area contributed by atoms with Gasteiger partial charge in [-0.3, -0.25) is 4.79 Å². The Balaban J connectivity index is 0.00000320. The van der Waals surface area contributed by atoms with Crippen LogP contribution in [0, 0.1) is 10.4 Å². The highest BCUT2D eigenvalue weighted by molar-refractivity contribution is 5.94. The van der Waals surface area contributed by atoms with Crippen LogP contribution in [0.2, 0.25) is 0 Å². The van der Waals surface area contributed by atoms with Gasteiger partial charge in [0.25, 0.3) is 11.0 Å². The summed E-state index contributed by atoms with van der Waals surface area (Å²) >= 11 is 0. The van der Waals surface area contributed by atoms with Crippen LogP contribution in [0.25, 0.3) is 11.0 Å². The third kappa shape index (κ3) is 4.23. The van der Waals surface area contributed by atoms with Crippen LogP contribution < -0.4 is 19.7 Å². The number of hydrogen-bond acceptors (Lipinski definition) is 6. The Hall–Kier alpha value is -2.37. The number of ketones is 1. The molecule has 1 aliphatic heterocycles. The van der Waals surface area contributed by atoms with Crippen LogP contribution in [-0.2, 0) is 6.18 Å². The summed E-state index contributed by atoms with van der Waals surface area (Å²) in [6, 6.07) is 3.85. The summed E-state index contributed by atoms with van der Waals surface area (Å²) in [5.41, 5.74) is -3.27. The molecule has 0 bridgehead atoms. The van der Waals surface area contributed by atoms with Gasteiger partial charge < -0.3 is 25.7 Å². The van der Waals surface area contributed by atoms with Crippen molar-refractivity contribution in [2.75, 3.05) is 31.1 Å². The molecule has 8 nitrogen and oxygen atoms in total. The lowest BCUT2D eigenvalue weighted by molar-refractivity contribution is -0.647. The molecule has 1 saturated heterocycles. The van der Waals surface area contributed by atoms with E-state index in [1.165, 1.54) is 19.1 Å². The van der Waals surface area contributed by atoms with Gasteiger partial charge in [0.1, 0.15) is 0 Å². The van der Waals surface area contributed by atoms with Crippen LogP contribution in [0.15, 0.2) is 18.2 Å². The van der Waals surface area contributed by atoms with Gasteiger partial charge in [-0.25, -0.2) is 0 Å². The predicted molar refractivity (Wildman–Crippen MR) is 104 cm³/mol. The normalized spacial score (nSPS) is 17.1. The number of nitrogens with zero attached hydrogens (tertiary/aromatic N) is 3. The van der Waals surface area contributed by atoms with E-state index in [4.69, 9.17) is 0 Å². The number of carbonyl (C=O) groups excluding carboxylic acids is 1. The lowest BCUT2D eigenvalue weighted by Crippen LogP contribution is -2.52. The van der Waals surface area contributed by atoms with E-state index >= 15 is 0 Å².